The van der Waals surface area contributed by atoms with E-state index in [0.29, 0.717) is 6.42 Å². The number of H-pyrrole nitrogens is 1. The second-order valence-corrected chi connectivity index (χ2v) is 7.12. The van der Waals surface area contributed by atoms with Crippen molar-refractivity contribution in [3.05, 3.63) is 66.5 Å². The lowest BCUT2D eigenvalue weighted by Gasteiger charge is -2.20. The number of nitrogens with one attached hydrogen (secondary N) is 1. The van der Waals surface area contributed by atoms with Crippen molar-refractivity contribution in [3.8, 4) is 22.5 Å². The largest absolute Gasteiger partial charge is 0.341 e. The number of nitrogens with zero attached hydrogens (tertiary/aromatic N) is 2. The molecule has 1 amide bonds. The van der Waals surface area contributed by atoms with Crippen LogP contribution in [0.5, 0.6) is 0 Å². The number of benzene rings is 2. The van der Waals surface area contributed by atoms with E-state index >= 15 is 0 Å². The van der Waals surface area contributed by atoms with E-state index in [4.69, 9.17) is 4.98 Å². The third-order valence-electron chi connectivity index (χ3n) is 5.00. The predicted octanol–water partition coefficient (Wildman–Crippen LogP) is 4.47. The van der Waals surface area contributed by atoms with Gasteiger partial charge in [0.25, 0.3) is 0 Å². The normalized spacial score (nSPS) is 17.3. The van der Waals surface area contributed by atoms with Crippen LogP contribution in [-0.4, -0.2) is 33.4 Å². The molecule has 4 nitrogen and oxygen atoms in total. The highest BCUT2D eigenvalue weighted by Crippen LogP contribution is 2.35. The number of hydrogen-bond donors (Lipinski definition) is 1. The van der Waals surface area contributed by atoms with Gasteiger partial charge in [0.05, 0.1) is 11.4 Å². The minimum absolute atomic E-state index is 0.116. The summed E-state index contributed by atoms with van der Waals surface area (Å²) in [5, 5.41) is 0. The molecule has 3 aromatic rings. The highest BCUT2D eigenvalue weighted by atomic mass is 16.2. The topological polar surface area (TPSA) is 49.0 Å². The van der Waals surface area contributed by atoms with Gasteiger partial charge in [-0.15, -0.1) is 0 Å². The summed E-state index contributed by atoms with van der Waals surface area (Å²) >= 11 is 0. The van der Waals surface area contributed by atoms with Crippen LogP contribution in [0.1, 0.15) is 32.0 Å². The fourth-order valence-corrected chi connectivity index (χ4v) is 3.62. The van der Waals surface area contributed by atoms with Crippen LogP contribution in [0.2, 0.25) is 0 Å². The molecule has 1 aliphatic heterocycles. The van der Waals surface area contributed by atoms with Gasteiger partial charge < -0.3 is 9.88 Å². The molecule has 1 atom stereocenters. The second kappa shape index (κ2) is 6.79. The molecule has 1 aliphatic rings. The van der Waals surface area contributed by atoms with Crippen LogP contribution in [0, 0.1) is 0 Å². The molecule has 0 radical (unpaired) electrons. The number of carbonyl (C=O) groups is 1. The van der Waals surface area contributed by atoms with Gasteiger partial charge in [-0.05, 0) is 13.8 Å². The summed E-state index contributed by atoms with van der Waals surface area (Å²) in [6.45, 7) is 4.85. The Kier molecular flexibility index (Phi) is 4.33. The number of hydrogen-bond acceptors (Lipinski definition) is 2. The van der Waals surface area contributed by atoms with Crippen LogP contribution in [0.4, 0.5) is 0 Å². The minimum atomic E-state index is 0.116. The summed E-state index contributed by atoms with van der Waals surface area (Å²) in [5.41, 5.74) is 4.15. The van der Waals surface area contributed by atoms with E-state index < -0.39 is 0 Å². The maximum Gasteiger partial charge on any atom is 0.223 e. The van der Waals surface area contributed by atoms with Crippen molar-refractivity contribution in [1.82, 2.24) is 14.9 Å². The lowest BCUT2D eigenvalue weighted by atomic mass is 10.1. The van der Waals surface area contributed by atoms with Gasteiger partial charge in [-0.3, -0.25) is 4.79 Å². The lowest BCUT2D eigenvalue weighted by molar-refractivity contribution is -0.129. The molecule has 0 bridgehead atoms. The van der Waals surface area contributed by atoms with Gasteiger partial charge in [-0.1, -0.05) is 60.7 Å². The van der Waals surface area contributed by atoms with Crippen molar-refractivity contribution in [2.24, 2.45) is 0 Å². The Morgan fingerprint density at radius 1 is 1.00 bits per heavy atom. The molecule has 0 saturated carbocycles. The van der Waals surface area contributed by atoms with E-state index in [1.54, 1.807) is 0 Å². The summed E-state index contributed by atoms with van der Waals surface area (Å²) < 4.78 is 0. The summed E-state index contributed by atoms with van der Waals surface area (Å²) in [6, 6.07) is 20.7. The first-order chi connectivity index (χ1) is 12.6. The third-order valence-corrected chi connectivity index (χ3v) is 5.00. The first kappa shape index (κ1) is 16.6. The first-order valence-electron chi connectivity index (χ1n) is 9.13. The van der Waals surface area contributed by atoms with Gasteiger partial charge in [0.1, 0.15) is 5.82 Å². The Bertz CT molecular complexity index is 843. The molecule has 4 heteroatoms. The molecule has 0 spiro atoms. The molecule has 1 fully saturated rings. The molecule has 1 unspecified atom stereocenters. The summed E-state index contributed by atoms with van der Waals surface area (Å²) in [4.78, 5) is 22.7. The Morgan fingerprint density at radius 2 is 1.62 bits per heavy atom. The summed E-state index contributed by atoms with van der Waals surface area (Å²) in [7, 11) is 0. The number of aromatic amines is 1. The maximum atomic E-state index is 12.3. The molecule has 0 aliphatic carbocycles. The van der Waals surface area contributed by atoms with Crippen LogP contribution < -0.4 is 0 Å². The summed E-state index contributed by atoms with van der Waals surface area (Å²) in [5.74, 6) is 1.23. The average Bonchev–Trinajstić information content (AvgIpc) is 3.27. The van der Waals surface area contributed by atoms with Gasteiger partial charge in [-0.25, -0.2) is 4.98 Å². The SMILES string of the molecule is CC(C)N1CC(c2nc(-c3ccccc3)c(-c3ccccc3)[nH]2)CC1=O. The zero-order chi connectivity index (χ0) is 18.1. The van der Waals surface area contributed by atoms with E-state index in [1.165, 1.54) is 0 Å². The standard InChI is InChI=1S/C22H23N3O/c1-15(2)25-14-18(13-19(25)26)22-23-20(16-9-5-3-6-10-16)21(24-22)17-11-7-4-8-12-17/h3-12,15,18H,13-14H2,1-2H3,(H,23,24). The van der Waals surface area contributed by atoms with Crippen molar-refractivity contribution in [3.63, 3.8) is 0 Å². The Morgan fingerprint density at radius 3 is 2.19 bits per heavy atom. The predicted molar refractivity (Wildman–Crippen MR) is 104 cm³/mol. The Labute approximate surface area is 153 Å². The van der Waals surface area contributed by atoms with Gasteiger partial charge >= 0.3 is 0 Å². The fourth-order valence-electron chi connectivity index (χ4n) is 3.62. The molecule has 1 N–H and O–H groups in total. The molecule has 1 saturated heterocycles. The van der Waals surface area contributed by atoms with Gasteiger partial charge in [-0.2, -0.15) is 0 Å². The van der Waals surface area contributed by atoms with Crippen LogP contribution in [0.3, 0.4) is 0 Å². The average molecular weight is 345 g/mol. The lowest BCUT2D eigenvalue weighted by Crippen LogP contribution is -2.31. The Hall–Kier alpha value is -2.88. The second-order valence-electron chi connectivity index (χ2n) is 7.12. The third kappa shape index (κ3) is 3.03. The number of carbonyl (C=O) groups excluding carboxylic acids is 1. The van der Waals surface area contributed by atoms with Crippen LogP contribution in [0.15, 0.2) is 60.7 Å². The first-order valence-corrected chi connectivity index (χ1v) is 9.13. The van der Waals surface area contributed by atoms with Gasteiger partial charge in [0.2, 0.25) is 5.91 Å². The highest BCUT2D eigenvalue weighted by molar-refractivity contribution is 5.81. The smallest absolute Gasteiger partial charge is 0.223 e. The van der Waals surface area contributed by atoms with E-state index in [0.717, 1.165) is 34.9 Å². The van der Waals surface area contributed by atoms with Crippen LogP contribution >= 0.6 is 0 Å². The molecular formula is C22H23N3O. The number of likely N-dealkylation sites (tertiary alicyclic amines) is 1. The van der Waals surface area contributed by atoms with Crippen LogP contribution in [0.25, 0.3) is 22.5 Å². The van der Waals surface area contributed by atoms with E-state index in [-0.39, 0.29) is 17.9 Å². The van der Waals surface area contributed by atoms with E-state index in [2.05, 4.69) is 43.1 Å². The maximum absolute atomic E-state index is 12.3. The summed E-state index contributed by atoms with van der Waals surface area (Å²) in [6.07, 6.45) is 0.522. The zero-order valence-corrected chi connectivity index (χ0v) is 15.1. The molecule has 4 rings (SSSR count). The van der Waals surface area contributed by atoms with Crippen molar-refractivity contribution < 1.29 is 4.79 Å². The molecule has 1 aromatic heterocycles. The molecular weight excluding hydrogens is 322 g/mol. The fraction of sp³-hybridized carbons (Fsp3) is 0.273. The van der Waals surface area contributed by atoms with Crippen molar-refractivity contribution in [1.29, 1.82) is 0 Å². The Balaban J connectivity index is 1.76. The van der Waals surface area contributed by atoms with Crippen molar-refractivity contribution in [2.75, 3.05) is 6.54 Å². The molecule has 2 heterocycles. The van der Waals surface area contributed by atoms with Gasteiger partial charge in [0.15, 0.2) is 0 Å². The minimum Gasteiger partial charge on any atom is -0.341 e. The zero-order valence-electron chi connectivity index (χ0n) is 15.1. The van der Waals surface area contributed by atoms with E-state index in [9.17, 15) is 4.79 Å². The quantitative estimate of drug-likeness (QED) is 0.758. The monoisotopic (exact) mass is 345 g/mol. The molecule has 132 valence electrons. The molecule has 2 aromatic carbocycles. The number of rotatable bonds is 4. The number of aromatic nitrogens is 2. The van der Waals surface area contributed by atoms with Crippen molar-refractivity contribution in [2.45, 2.75) is 32.2 Å². The molecule has 26 heavy (non-hydrogen) atoms. The van der Waals surface area contributed by atoms with Gasteiger partial charge in [0, 0.05) is 36.1 Å². The van der Waals surface area contributed by atoms with Crippen molar-refractivity contribution >= 4 is 5.91 Å². The van der Waals surface area contributed by atoms with E-state index in [1.807, 2.05) is 41.3 Å². The number of imidazole rings is 1. The highest BCUT2D eigenvalue weighted by Gasteiger charge is 2.34. The van der Waals surface area contributed by atoms with Crippen LogP contribution in [-0.2, 0) is 4.79 Å². The number of amides is 1.